The third kappa shape index (κ3) is 5.93. The number of ether oxygens (including phenoxy) is 3. The monoisotopic (exact) mass is 527 g/mol. The lowest BCUT2D eigenvalue weighted by atomic mass is 9.74. The number of aliphatic imine (C=N–C) groups is 1. The fourth-order valence-electron chi connectivity index (χ4n) is 4.78. The van der Waals surface area contributed by atoms with Crippen LogP contribution in [0.15, 0.2) is 34.7 Å². The summed E-state index contributed by atoms with van der Waals surface area (Å²) in [5.74, 6) is -1.83. The number of hydrogen-bond acceptors (Lipinski definition) is 10. The Bertz CT molecular complexity index is 1220. The summed E-state index contributed by atoms with van der Waals surface area (Å²) in [6.45, 7) is 2.36. The van der Waals surface area contributed by atoms with E-state index in [-0.39, 0.29) is 18.4 Å². The number of thioether (sulfide) groups is 1. The molecule has 1 fully saturated rings. The standard InChI is InChI=1S/C26H29N3O7S/c1-4-35-22-10-16-17-9-15(36-25(33)20(30)7-8-23(31)32)5-6-19(17)29-24(18(16)11-21(22)34-2)14-12-27-26(37-3)28-13-14/h10-13,15,17,19H,4-9H2,1-3H3,(H,31,32)/t15-,17-,19-/m1/s1. The van der Waals surface area contributed by atoms with Gasteiger partial charge in [0.25, 0.3) is 0 Å². The lowest BCUT2D eigenvalue weighted by Crippen LogP contribution is -2.37. The molecular formula is C26H29N3O7S. The normalized spacial score (nSPS) is 20.2. The summed E-state index contributed by atoms with van der Waals surface area (Å²) < 4.78 is 16.9. The van der Waals surface area contributed by atoms with Crippen molar-refractivity contribution in [1.29, 1.82) is 0 Å². The molecule has 1 aromatic heterocycles. The molecule has 0 saturated heterocycles. The molecule has 1 aliphatic heterocycles. The number of ketones is 1. The number of rotatable bonds is 10. The average molecular weight is 528 g/mol. The van der Waals surface area contributed by atoms with Crippen LogP contribution in [0.4, 0.5) is 0 Å². The zero-order valence-corrected chi connectivity index (χ0v) is 21.7. The zero-order valence-electron chi connectivity index (χ0n) is 20.9. The molecule has 4 rings (SSSR count). The Morgan fingerprint density at radius 3 is 2.51 bits per heavy atom. The summed E-state index contributed by atoms with van der Waals surface area (Å²) in [6.07, 6.45) is 5.85. The van der Waals surface area contributed by atoms with Crippen molar-refractivity contribution in [3.05, 3.63) is 41.2 Å². The fraction of sp³-hybridized carbons (Fsp3) is 0.462. The van der Waals surface area contributed by atoms with Crippen molar-refractivity contribution < 1.29 is 33.7 Å². The van der Waals surface area contributed by atoms with Gasteiger partial charge < -0.3 is 19.3 Å². The van der Waals surface area contributed by atoms with Gasteiger partial charge in [0.1, 0.15) is 6.10 Å². The van der Waals surface area contributed by atoms with Crippen LogP contribution in [-0.4, -0.2) is 70.6 Å². The van der Waals surface area contributed by atoms with E-state index >= 15 is 0 Å². The van der Waals surface area contributed by atoms with E-state index in [4.69, 9.17) is 24.3 Å². The van der Waals surface area contributed by atoms with Gasteiger partial charge in [0.2, 0.25) is 5.78 Å². The quantitative estimate of drug-likeness (QED) is 0.212. The molecular weight excluding hydrogens is 498 g/mol. The minimum atomic E-state index is -1.14. The molecule has 196 valence electrons. The topological polar surface area (TPSA) is 137 Å². The molecule has 0 unspecified atom stereocenters. The van der Waals surface area contributed by atoms with E-state index in [1.807, 2.05) is 25.3 Å². The fourth-order valence-corrected chi connectivity index (χ4v) is 5.09. The van der Waals surface area contributed by atoms with Crippen molar-refractivity contribution in [3.63, 3.8) is 0 Å². The SMILES string of the molecule is CCOc1cc2c(cc1OC)C(c1cnc(SC)nc1)=N[C@@H]1CC[C@@H](OC(=O)C(=O)CCC(=O)O)C[C@H]21. The number of carboxylic acid groups (broad SMARTS) is 1. The van der Waals surface area contributed by atoms with Crippen molar-refractivity contribution >= 4 is 35.2 Å². The zero-order chi connectivity index (χ0) is 26.5. The van der Waals surface area contributed by atoms with Gasteiger partial charge in [0.05, 0.1) is 31.9 Å². The molecule has 37 heavy (non-hydrogen) atoms. The molecule has 0 spiro atoms. The van der Waals surface area contributed by atoms with Gasteiger partial charge in [-0.3, -0.25) is 14.6 Å². The number of esters is 1. The summed E-state index contributed by atoms with van der Waals surface area (Å²) in [5, 5.41) is 9.44. The molecule has 3 atom stereocenters. The maximum Gasteiger partial charge on any atom is 0.374 e. The maximum absolute atomic E-state index is 12.3. The summed E-state index contributed by atoms with van der Waals surface area (Å²) in [7, 11) is 1.58. The number of carbonyl (C=O) groups excluding carboxylic acids is 2. The van der Waals surface area contributed by atoms with E-state index in [0.717, 1.165) is 22.4 Å². The molecule has 2 aliphatic rings. The van der Waals surface area contributed by atoms with E-state index in [9.17, 15) is 14.4 Å². The molecule has 1 aromatic carbocycles. The molecule has 1 aliphatic carbocycles. The molecule has 0 bridgehead atoms. The number of carbonyl (C=O) groups is 3. The van der Waals surface area contributed by atoms with Crippen LogP contribution in [0.5, 0.6) is 11.5 Å². The highest BCUT2D eigenvalue weighted by Gasteiger charge is 2.39. The number of aliphatic carboxylic acids is 1. The highest BCUT2D eigenvalue weighted by Crippen LogP contribution is 2.45. The second-order valence-electron chi connectivity index (χ2n) is 8.79. The van der Waals surface area contributed by atoms with Crippen LogP contribution in [0.25, 0.3) is 0 Å². The van der Waals surface area contributed by atoms with Crippen LogP contribution < -0.4 is 9.47 Å². The average Bonchev–Trinajstić information content (AvgIpc) is 2.91. The Labute approximate surface area is 218 Å². The minimum absolute atomic E-state index is 0.0664. The molecule has 2 aromatic rings. The number of fused-ring (bicyclic) bond motifs is 3. The number of methoxy groups -OCH3 is 1. The van der Waals surface area contributed by atoms with Crippen molar-refractivity contribution in [2.45, 2.75) is 62.2 Å². The third-order valence-electron chi connectivity index (χ3n) is 6.50. The van der Waals surface area contributed by atoms with Crippen LogP contribution in [0.1, 0.15) is 61.6 Å². The predicted molar refractivity (Wildman–Crippen MR) is 136 cm³/mol. The van der Waals surface area contributed by atoms with E-state index in [0.29, 0.717) is 42.5 Å². The molecule has 0 amide bonds. The smallest absolute Gasteiger partial charge is 0.374 e. The van der Waals surface area contributed by atoms with E-state index in [1.54, 1.807) is 19.5 Å². The first-order valence-electron chi connectivity index (χ1n) is 12.1. The Kier molecular flexibility index (Phi) is 8.42. The first-order chi connectivity index (χ1) is 17.8. The first kappa shape index (κ1) is 26.6. The number of hydrogen-bond donors (Lipinski definition) is 1. The van der Waals surface area contributed by atoms with Crippen LogP contribution in [0, 0.1) is 0 Å². The number of Topliss-reactive ketones (excluding diaryl/α,β-unsaturated/α-hetero) is 1. The van der Waals surface area contributed by atoms with Gasteiger partial charge in [-0.2, -0.15) is 0 Å². The number of carboxylic acids is 1. The second-order valence-corrected chi connectivity index (χ2v) is 9.56. The largest absolute Gasteiger partial charge is 0.493 e. The molecule has 1 saturated carbocycles. The van der Waals surface area contributed by atoms with E-state index in [2.05, 4.69) is 9.97 Å². The lowest BCUT2D eigenvalue weighted by Gasteiger charge is -2.38. The van der Waals surface area contributed by atoms with Crippen molar-refractivity contribution in [1.82, 2.24) is 9.97 Å². The Hall–Kier alpha value is -3.47. The first-order valence-corrected chi connectivity index (χ1v) is 13.3. The minimum Gasteiger partial charge on any atom is -0.493 e. The highest BCUT2D eigenvalue weighted by molar-refractivity contribution is 7.98. The lowest BCUT2D eigenvalue weighted by molar-refractivity contribution is -0.159. The van der Waals surface area contributed by atoms with Crippen molar-refractivity contribution in [2.75, 3.05) is 20.0 Å². The van der Waals surface area contributed by atoms with Gasteiger partial charge in [0.15, 0.2) is 16.7 Å². The Morgan fingerprint density at radius 1 is 1.11 bits per heavy atom. The summed E-state index contributed by atoms with van der Waals surface area (Å²) in [4.78, 5) is 49.0. The summed E-state index contributed by atoms with van der Waals surface area (Å²) in [6, 6.07) is 3.80. The van der Waals surface area contributed by atoms with Crippen LogP contribution in [0.2, 0.25) is 0 Å². The molecule has 10 nitrogen and oxygen atoms in total. The van der Waals surface area contributed by atoms with E-state index in [1.165, 1.54) is 11.8 Å². The van der Waals surface area contributed by atoms with E-state index < -0.39 is 30.2 Å². The Balaban J connectivity index is 1.65. The molecule has 2 heterocycles. The number of benzene rings is 1. The van der Waals surface area contributed by atoms with Crippen LogP contribution >= 0.6 is 11.8 Å². The predicted octanol–water partition coefficient (Wildman–Crippen LogP) is 3.44. The van der Waals surface area contributed by atoms with Gasteiger partial charge in [0, 0.05) is 35.9 Å². The summed E-state index contributed by atoms with van der Waals surface area (Å²) in [5.41, 5.74) is 3.42. The van der Waals surface area contributed by atoms with Crippen LogP contribution in [0.3, 0.4) is 0 Å². The third-order valence-corrected chi connectivity index (χ3v) is 7.08. The van der Waals surface area contributed by atoms with Gasteiger partial charge in [-0.25, -0.2) is 14.8 Å². The molecule has 1 N–H and O–H groups in total. The summed E-state index contributed by atoms with van der Waals surface area (Å²) >= 11 is 1.46. The van der Waals surface area contributed by atoms with Crippen LogP contribution in [-0.2, 0) is 19.1 Å². The van der Waals surface area contributed by atoms with Gasteiger partial charge >= 0.3 is 11.9 Å². The number of aromatic nitrogens is 2. The Morgan fingerprint density at radius 2 is 1.86 bits per heavy atom. The van der Waals surface area contributed by atoms with Crippen molar-refractivity contribution in [3.8, 4) is 11.5 Å². The van der Waals surface area contributed by atoms with Gasteiger partial charge in [-0.15, -0.1) is 0 Å². The second kappa shape index (κ2) is 11.7. The molecule has 11 heteroatoms. The van der Waals surface area contributed by atoms with Gasteiger partial charge in [-0.1, -0.05) is 11.8 Å². The molecule has 0 radical (unpaired) electrons. The van der Waals surface area contributed by atoms with Crippen molar-refractivity contribution in [2.24, 2.45) is 4.99 Å². The van der Waals surface area contributed by atoms with Gasteiger partial charge in [-0.05, 0) is 50.1 Å². The number of nitrogens with zero attached hydrogens (tertiary/aromatic N) is 3. The maximum atomic E-state index is 12.3. The highest BCUT2D eigenvalue weighted by atomic mass is 32.2.